The molecule has 2 aromatic carbocycles. The van der Waals surface area contributed by atoms with Crippen LogP contribution < -0.4 is 4.90 Å². The molecule has 38 heavy (non-hydrogen) atoms. The summed E-state index contributed by atoms with van der Waals surface area (Å²) < 4.78 is 20.1. The number of esters is 1. The predicted molar refractivity (Wildman–Crippen MR) is 143 cm³/mol. The number of halogens is 1. The van der Waals surface area contributed by atoms with Gasteiger partial charge in [0.1, 0.15) is 11.9 Å². The highest BCUT2D eigenvalue weighted by Gasteiger charge is 2.53. The van der Waals surface area contributed by atoms with E-state index in [1.54, 1.807) is 6.07 Å². The van der Waals surface area contributed by atoms with Crippen molar-refractivity contribution >= 4 is 11.7 Å². The Bertz CT molecular complexity index is 1220. The number of hydrogen-bond acceptors (Lipinski definition) is 6. The van der Waals surface area contributed by atoms with Crippen LogP contribution in [0.5, 0.6) is 0 Å². The summed E-state index contributed by atoms with van der Waals surface area (Å²) in [6, 6.07) is 19.1. The minimum absolute atomic E-state index is 0.0725. The molecule has 198 valence electrons. The minimum Gasteiger partial charge on any atom is -0.462 e. The first-order chi connectivity index (χ1) is 18.4. The Labute approximate surface area is 224 Å². The van der Waals surface area contributed by atoms with Gasteiger partial charge in [0.2, 0.25) is 0 Å². The van der Waals surface area contributed by atoms with Crippen LogP contribution in [0.1, 0.15) is 50.2 Å². The number of hydrogen-bond donors (Lipinski definition) is 0. The number of piperidine rings is 1. The third-order valence-electron chi connectivity index (χ3n) is 8.91. The summed E-state index contributed by atoms with van der Waals surface area (Å²) in [5.74, 6) is -0.128. The summed E-state index contributed by atoms with van der Waals surface area (Å²) in [6.07, 6.45) is 3.86. The first-order valence-corrected chi connectivity index (χ1v) is 13.7. The molecule has 2 aliphatic heterocycles. The van der Waals surface area contributed by atoms with Crippen LogP contribution in [-0.4, -0.2) is 49.7 Å². The third-order valence-corrected chi connectivity index (χ3v) is 8.91. The highest BCUT2D eigenvalue weighted by molar-refractivity contribution is 5.66. The lowest BCUT2D eigenvalue weighted by molar-refractivity contribution is -0.149. The van der Waals surface area contributed by atoms with Crippen molar-refractivity contribution in [3.63, 3.8) is 0 Å². The number of likely N-dealkylation sites (tertiary alicyclic amines) is 1. The molecule has 7 heteroatoms. The fourth-order valence-electron chi connectivity index (χ4n) is 7.12. The molecule has 0 N–H and O–H groups in total. The van der Waals surface area contributed by atoms with Crippen molar-refractivity contribution < 1.29 is 13.9 Å². The Kier molecular flexibility index (Phi) is 7.68. The summed E-state index contributed by atoms with van der Waals surface area (Å²) in [7, 11) is 0. The molecule has 2 heterocycles. The predicted octanol–water partition coefficient (Wildman–Crippen LogP) is 5.04. The van der Waals surface area contributed by atoms with Gasteiger partial charge < -0.3 is 14.5 Å². The van der Waals surface area contributed by atoms with Crippen LogP contribution in [0.3, 0.4) is 0 Å². The molecule has 3 fully saturated rings. The quantitative estimate of drug-likeness (QED) is 0.482. The molecule has 0 radical (unpaired) electrons. The molecule has 0 spiro atoms. The fraction of sp³-hybridized carbons (Fsp3) is 0.516. The zero-order chi connectivity index (χ0) is 26.7. The second-order valence-electron chi connectivity index (χ2n) is 11.2. The van der Waals surface area contributed by atoms with Crippen LogP contribution in [-0.2, 0) is 14.9 Å². The summed E-state index contributed by atoms with van der Waals surface area (Å²) in [4.78, 5) is 16.7. The Morgan fingerprint density at radius 3 is 2.45 bits per heavy atom. The highest BCUT2D eigenvalue weighted by atomic mass is 19.1. The largest absolute Gasteiger partial charge is 0.462 e. The topological polar surface area (TPSA) is 80.4 Å². The van der Waals surface area contributed by atoms with E-state index in [1.807, 2.05) is 30.3 Å². The monoisotopic (exact) mass is 514 g/mol. The lowest BCUT2D eigenvalue weighted by atomic mass is 9.59. The normalized spacial score (nSPS) is 24.2. The third kappa shape index (κ3) is 5.13. The first kappa shape index (κ1) is 26.2. The Morgan fingerprint density at radius 1 is 1.08 bits per heavy atom. The zero-order valence-electron chi connectivity index (χ0n) is 22.0. The molecule has 3 aliphatic rings. The molecule has 1 unspecified atom stereocenters. The maximum Gasteiger partial charge on any atom is 0.302 e. The van der Waals surface area contributed by atoms with E-state index in [0.29, 0.717) is 11.5 Å². The molecule has 5 rings (SSSR count). The van der Waals surface area contributed by atoms with Gasteiger partial charge in [-0.25, -0.2) is 4.39 Å². The average molecular weight is 515 g/mol. The van der Waals surface area contributed by atoms with Gasteiger partial charge in [-0.3, -0.25) is 4.79 Å². The molecular weight excluding hydrogens is 479 g/mol. The summed E-state index contributed by atoms with van der Waals surface area (Å²) in [5.41, 5.74) is 1.68. The smallest absolute Gasteiger partial charge is 0.302 e. The van der Waals surface area contributed by atoms with E-state index in [1.165, 1.54) is 19.1 Å². The van der Waals surface area contributed by atoms with Crippen molar-refractivity contribution in [3.05, 3.63) is 65.5 Å². The average Bonchev–Trinajstić information content (AvgIpc) is 3.35. The van der Waals surface area contributed by atoms with Crippen molar-refractivity contribution in [3.8, 4) is 12.1 Å². The van der Waals surface area contributed by atoms with E-state index in [9.17, 15) is 14.4 Å². The van der Waals surface area contributed by atoms with E-state index in [0.717, 1.165) is 76.1 Å². The molecule has 0 aromatic heterocycles. The van der Waals surface area contributed by atoms with Gasteiger partial charge in [-0.1, -0.05) is 12.1 Å². The molecule has 1 saturated carbocycles. The second-order valence-corrected chi connectivity index (χ2v) is 11.2. The Balaban J connectivity index is 1.26. The zero-order valence-corrected chi connectivity index (χ0v) is 22.0. The van der Waals surface area contributed by atoms with E-state index in [4.69, 9.17) is 10.00 Å². The standard InChI is InChI=1S/C31H35FN4O2/c1-22(37)38-30-7-3-6-29(30)31(21-34,26-4-2-5-27(32)16-26)25-12-14-35(15-13-25)18-24-19-36(20-24)28-10-8-23(17-33)9-11-28/h2,4-5,8-11,16,24-25,29-30H,3,6-7,12-15,18-20H2,1H3/t29-,30-,31?/m0/s1. The van der Waals surface area contributed by atoms with Crippen LogP contribution >= 0.6 is 0 Å². The lowest BCUT2D eigenvalue weighted by Gasteiger charge is -2.47. The molecule has 0 bridgehead atoms. The number of carbonyl (C=O) groups is 1. The first-order valence-electron chi connectivity index (χ1n) is 13.7. The van der Waals surface area contributed by atoms with Gasteiger partial charge in [-0.15, -0.1) is 0 Å². The molecule has 1 aliphatic carbocycles. The van der Waals surface area contributed by atoms with Crippen molar-refractivity contribution in [1.82, 2.24) is 4.90 Å². The Hall–Kier alpha value is -3.42. The van der Waals surface area contributed by atoms with Gasteiger partial charge >= 0.3 is 5.97 Å². The van der Waals surface area contributed by atoms with E-state index in [2.05, 4.69) is 21.9 Å². The number of rotatable bonds is 7. The van der Waals surface area contributed by atoms with Crippen molar-refractivity contribution in [2.45, 2.75) is 50.5 Å². The van der Waals surface area contributed by atoms with E-state index >= 15 is 0 Å². The number of nitriles is 2. The van der Waals surface area contributed by atoms with Gasteiger partial charge in [0.15, 0.2) is 0 Å². The lowest BCUT2D eigenvalue weighted by Crippen LogP contribution is -2.54. The summed E-state index contributed by atoms with van der Waals surface area (Å²) >= 11 is 0. The van der Waals surface area contributed by atoms with Gasteiger partial charge in [-0.2, -0.15) is 10.5 Å². The molecule has 0 amide bonds. The number of nitrogens with zero attached hydrogens (tertiary/aromatic N) is 4. The number of ether oxygens (including phenoxy) is 1. The number of benzene rings is 2. The SMILES string of the molecule is CC(=O)O[C@H]1CCC[C@@H]1C(C#N)(c1cccc(F)c1)C1CCN(CC2CN(c3ccc(C#N)cc3)C2)CC1. The van der Waals surface area contributed by atoms with Gasteiger partial charge in [0.25, 0.3) is 0 Å². The molecule has 2 saturated heterocycles. The van der Waals surface area contributed by atoms with Gasteiger partial charge in [-0.05, 0) is 93.1 Å². The van der Waals surface area contributed by atoms with Crippen LogP contribution in [0.15, 0.2) is 48.5 Å². The van der Waals surface area contributed by atoms with Crippen LogP contribution in [0.4, 0.5) is 10.1 Å². The van der Waals surface area contributed by atoms with E-state index < -0.39 is 5.41 Å². The number of carbonyl (C=O) groups excluding carboxylic acids is 1. The molecule has 3 atom stereocenters. The summed E-state index contributed by atoms with van der Waals surface area (Å²) in [5, 5.41) is 19.8. The maximum absolute atomic E-state index is 14.4. The minimum atomic E-state index is -0.881. The number of anilines is 1. The van der Waals surface area contributed by atoms with Crippen molar-refractivity contribution in [1.29, 1.82) is 10.5 Å². The van der Waals surface area contributed by atoms with Gasteiger partial charge in [0, 0.05) is 44.1 Å². The van der Waals surface area contributed by atoms with Gasteiger partial charge in [0.05, 0.1) is 23.1 Å². The molecule has 6 nitrogen and oxygen atoms in total. The molecular formula is C31H35FN4O2. The van der Waals surface area contributed by atoms with Crippen LogP contribution in [0.25, 0.3) is 0 Å². The van der Waals surface area contributed by atoms with Crippen LogP contribution in [0.2, 0.25) is 0 Å². The van der Waals surface area contributed by atoms with Crippen LogP contribution in [0, 0.1) is 46.2 Å². The van der Waals surface area contributed by atoms with E-state index in [-0.39, 0.29) is 29.7 Å². The fourth-order valence-corrected chi connectivity index (χ4v) is 7.12. The highest BCUT2D eigenvalue weighted by Crippen LogP contribution is 2.51. The molecule has 2 aromatic rings. The van der Waals surface area contributed by atoms with Crippen molar-refractivity contribution in [2.24, 2.45) is 17.8 Å². The maximum atomic E-state index is 14.4. The van der Waals surface area contributed by atoms with Crippen molar-refractivity contribution in [2.75, 3.05) is 37.6 Å². The summed E-state index contributed by atoms with van der Waals surface area (Å²) in [6.45, 7) is 6.27. The second kappa shape index (κ2) is 11.1. The Morgan fingerprint density at radius 2 is 1.82 bits per heavy atom.